The van der Waals surface area contributed by atoms with Crippen LogP contribution in [0, 0.1) is 17.0 Å². The molecule has 0 saturated heterocycles. The lowest BCUT2D eigenvalue weighted by atomic mass is 10.1. The second-order valence-corrected chi connectivity index (χ2v) is 12.7. The van der Waals surface area contributed by atoms with E-state index in [0.29, 0.717) is 5.75 Å². The highest BCUT2D eigenvalue weighted by Gasteiger charge is 2.33. The van der Waals surface area contributed by atoms with Crippen LogP contribution in [-0.4, -0.2) is 55.8 Å². The number of hydrogen-bond donors (Lipinski definition) is 1. The monoisotopic (exact) mass is 660 g/mol. The van der Waals surface area contributed by atoms with Crippen LogP contribution >= 0.6 is 15.9 Å². The predicted molar refractivity (Wildman–Crippen MR) is 163 cm³/mol. The maximum Gasteiger partial charge on any atom is 0.273 e. The van der Waals surface area contributed by atoms with Crippen LogP contribution in [0.25, 0.3) is 0 Å². The number of aryl methyl sites for hydroxylation is 1. The minimum atomic E-state index is -4.49. The maximum absolute atomic E-state index is 14.0. The zero-order valence-corrected chi connectivity index (χ0v) is 26.3. The predicted octanol–water partition coefficient (Wildman–Crippen LogP) is 4.81. The molecule has 0 saturated carbocycles. The summed E-state index contributed by atoms with van der Waals surface area (Å²) >= 11 is 3.41. The first-order chi connectivity index (χ1) is 19.7. The van der Waals surface area contributed by atoms with E-state index in [-0.39, 0.29) is 34.4 Å². The van der Waals surface area contributed by atoms with Crippen LogP contribution in [0.1, 0.15) is 31.9 Å². The van der Waals surface area contributed by atoms with Crippen LogP contribution in [0.2, 0.25) is 0 Å². The Balaban J connectivity index is 2.10. The van der Waals surface area contributed by atoms with Crippen molar-refractivity contribution in [3.63, 3.8) is 0 Å². The molecule has 0 spiro atoms. The second-order valence-electron chi connectivity index (χ2n) is 9.91. The minimum absolute atomic E-state index is 0.0253. The molecule has 11 nitrogen and oxygen atoms in total. The number of benzene rings is 3. The third-order valence-electron chi connectivity index (χ3n) is 6.44. The lowest BCUT2D eigenvalue weighted by Gasteiger charge is -2.32. The van der Waals surface area contributed by atoms with E-state index in [1.165, 1.54) is 55.3 Å². The first-order valence-corrected chi connectivity index (χ1v) is 15.2. The second kappa shape index (κ2) is 13.8. The smallest absolute Gasteiger partial charge is 0.273 e. The van der Waals surface area contributed by atoms with Gasteiger partial charge in [0.25, 0.3) is 15.7 Å². The highest BCUT2D eigenvalue weighted by molar-refractivity contribution is 9.10. The van der Waals surface area contributed by atoms with E-state index in [2.05, 4.69) is 21.2 Å². The lowest BCUT2D eigenvalue weighted by Crippen LogP contribution is -2.52. The van der Waals surface area contributed by atoms with Gasteiger partial charge in [0.05, 0.1) is 22.6 Å². The number of sulfonamides is 1. The number of halogens is 1. The number of nitrogens with zero attached hydrogens (tertiary/aromatic N) is 3. The van der Waals surface area contributed by atoms with Crippen LogP contribution in [0.4, 0.5) is 11.4 Å². The summed E-state index contributed by atoms with van der Waals surface area (Å²) in [4.78, 5) is 38.9. The van der Waals surface area contributed by atoms with E-state index < -0.39 is 39.3 Å². The van der Waals surface area contributed by atoms with Gasteiger partial charge in [0.1, 0.15) is 18.3 Å². The number of carbonyl (C=O) groups excluding carboxylic acids is 2. The molecule has 1 atom stereocenters. The van der Waals surface area contributed by atoms with E-state index >= 15 is 0 Å². The van der Waals surface area contributed by atoms with Crippen molar-refractivity contribution >= 4 is 49.1 Å². The summed E-state index contributed by atoms with van der Waals surface area (Å²) in [5.41, 5.74) is 0.771. The molecular formula is C29H33BrN4O7S. The Kier molecular flexibility index (Phi) is 10.7. The van der Waals surface area contributed by atoms with Crippen molar-refractivity contribution in [1.82, 2.24) is 10.2 Å². The van der Waals surface area contributed by atoms with Gasteiger partial charge in [0.2, 0.25) is 11.8 Å². The van der Waals surface area contributed by atoms with E-state index in [4.69, 9.17) is 4.74 Å². The third kappa shape index (κ3) is 7.85. The number of nitrogens with one attached hydrogen (secondary N) is 1. The Bertz CT molecular complexity index is 1560. The molecule has 0 aliphatic heterocycles. The molecule has 1 N–H and O–H groups in total. The molecule has 13 heteroatoms. The highest BCUT2D eigenvalue weighted by Crippen LogP contribution is 2.29. The molecule has 224 valence electrons. The SMILES string of the molecule is COc1ccc(N(CC(=O)N(Cc2cccc(Br)c2)[C@H](C)C(=O)NC(C)C)S(=O)(=O)c2ccc(C)c([N+](=O)[O-])c2)cc1. The van der Waals surface area contributed by atoms with Crippen LogP contribution < -0.4 is 14.4 Å². The molecular weight excluding hydrogens is 628 g/mol. The van der Waals surface area contributed by atoms with Crippen molar-refractivity contribution in [3.8, 4) is 5.75 Å². The Labute approximate surface area is 253 Å². The first-order valence-electron chi connectivity index (χ1n) is 13.0. The molecule has 0 unspecified atom stereocenters. The molecule has 0 fully saturated rings. The van der Waals surface area contributed by atoms with E-state index in [9.17, 15) is 28.1 Å². The van der Waals surface area contributed by atoms with E-state index in [0.717, 1.165) is 20.4 Å². The lowest BCUT2D eigenvalue weighted by molar-refractivity contribution is -0.385. The summed E-state index contributed by atoms with van der Waals surface area (Å²) in [7, 11) is -3.03. The molecule has 0 aliphatic rings. The summed E-state index contributed by atoms with van der Waals surface area (Å²) in [6.07, 6.45) is 0. The van der Waals surface area contributed by atoms with Gasteiger partial charge >= 0.3 is 0 Å². The molecule has 3 aromatic carbocycles. The Morgan fingerprint density at radius 1 is 1.05 bits per heavy atom. The molecule has 0 heterocycles. The fourth-order valence-corrected chi connectivity index (χ4v) is 6.05. The Morgan fingerprint density at radius 2 is 1.71 bits per heavy atom. The fourth-order valence-electron chi connectivity index (χ4n) is 4.17. The van der Waals surface area contributed by atoms with Crippen molar-refractivity contribution in [1.29, 1.82) is 0 Å². The summed E-state index contributed by atoms with van der Waals surface area (Å²) < 4.78 is 34.8. The number of amides is 2. The van der Waals surface area contributed by atoms with Crippen LogP contribution in [0.3, 0.4) is 0 Å². The minimum Gasteiger partial charge on any atom is -0.497 e. The quantitative estimate of drug-likeness (QED) is 0.217. The van der Waals surface area contributed by atoms with Gasteiger partial charge in [-0.3, -0.25) is 24.0 Å². The van der Waals surface area contributed by atoms with Crippen molar-refractivity contribution in [2.24, 2.45) is 0 Å². The zero-order valence-electron chi connectivity index (χ0n) is 23.9. The molecule has 3 rings (SSSR count). The van der Waals surface area contributed by atoms with Crippen molar-refractivity contribution in [2.45, 2.75) is 51.2 Å². The van der Waals surface area contributed by atoms with Crippen LogP contribution in [-0.2, 0) is 26.2 Å². The highest BCUT2D eigenvalue weighted by atomic mass is 79.9. The van der Waals surface area contributed by atoms with Gasteiger partial charge in [-0.25, -0.2) is 8.42 Å². The number of methoxy groups -OCH3 is 1. The zero-order chi connectivity index (χ0) is 31.2. The number of carbonyl (C=O) groups is 2. The molecule has 0 radical (unpaired) electrons. The molecule has 0 bridgehead atoms. The normalized spacial score (nSPS) is 12.0. The van der Waals surface area contributed by atoms with Crippen LogP contribution in [0.5, 0.6) is 5.75 Å². The number of nitro benzene ring substituents is 1. The molecule has 0 aromatic heterocycles. The first kappa shape index (κ1) is 32.5. The number of anilines is 1. The summed E-state index contributed by atoms with van der Waals surface area (Å²) in [5, 5.41) is 14.4. The largest absolute Gasteiger partial charge is 0.497 e. The maximum atomic E-state index is 14.0. The Hall–Kier alpha value is -3.97. The van der Waals surface area contributed by atoms with Gasteiger partial charge in [-0.05, 0) is 75.7 Å². The van der Waals surface area contributed by atoms with Gasteiger partial charge < -0.3 is 15.0 Å². The Morgan fingerprint density at radius 3 is 2.29 bits per heavy atom. The van der Waals surface area contributed by atoms with Gasteiger partial charge in [-0.15, -0.1) is 0 Å². The van der Waals surface area contributed by atoms with Crippen molar-refractivity contribution < 1.29 is 27.7 Å². The van der Waals surface area contributed by atoms with Gasteiger partial charge in [-0.2, -0.15) is 0 Å². The van der Waals surface area contributed by atoms with Crippen LogP contribution in [0.15, 0.2) is 76.1 Å². The standard InChI is InChI=1S/C29H33BrN4O7S/c1-19(2)31-29(36)21(4)32(17-22-7-6-8-23(30)15-22)28(35)18-33(24-10-12-25(41-5)13-11-24)42(39,40)26-14-9-20(3)27(16-26)34(37)38/h6-16,19,21H,17-18H2,1-5H3,(H,31,36)/t21-/m1/s1. The fraction of sp³-hybridized carbons (Fsp3) is 0.310. The summed E-state index contributed by atoms with van der Waals surface area (Å²) in [6.45, 7) is 6.01. The molecule has 2 amide bonds. The van der Waals surface area contributed by atoms with Crippen molar-refractivity contribution in [3.05, 3.63) is 92.4 Å². The average Bonchev–Trinajstić information content (AvgIpc) is 2.93. The number of hydrogen-bond acceptors (Lipinski definition) is 7. The molecule has 0 aliphatic carbocycles. The van der Waals surface area contributed by atoms with E-state index in [1.54, 1.807) is 39.0 Å². The topological polar surface area (TPSA) is 139 Å². The van der Waals surface area contributed by atoms with Gasteiger partial charge in [0, 0.05) is 28.7 Å². The van der Waals surface area contributed by atoms with Gasteiger partial charge in [-0.1, -0.05) is 34.1 Å². The number of nitro groups is 1. The van der Waals surface area contributed by atoms with E-state index in [1.807, 2.05) is 6.07 Å². The number of rotatable bonds is 12. The summed E-state index contributed by atoms with van der Waals surface area (Å²) in [6, 6.07) is 15.7. The van der Waals surface area contributed by atoms with Gasteiger partial charge in [0.15, 0.2) is 0 Å². The molecule has 3 aromatic rings. The van der Waals surface area contributed by atoms with Crippen molar-refractivity contribution in [2.75, 3.05) is 18.0 Å². The average molecular weight is 662 g/mol. The third-order valence-corrected chi connectivity index (χ3v) is 8.71. The molecule has 42 heavy (non-hydrogen) atoms. The number of ether oxygens (including phenoxy) is 1. The summed E-state index contributed by atoms with van der Waals surface area (Å²) in [5.74, 6) is -0.590.